The molecule has 0 unspecified atom stereocenters. The molecule has 2 aromatic carbocycles. The number of carbonyl (C=O) groups excluding carboxylic acids is 1. The Morgan fingerprint density at radius 1 is 1.03 bits per heavy atom. The maximum Gasteiger partial charge on any atom is 0.416 e. The van der Waals surface area contributed by atoms with E-state index in [-0.39, 0.29) is 17.5 Å². The lowest BCUT2D eigenvalue weighted by Gasteiger charge is -2.37. The van der Waals surface area contributed by atoms with E-state index in [1.165, 1.54) is 0 Å². The normalized spacial score (nSPS) is 17.4. The summed E-state index contributed by atoms with van der Waals surface area (Å²) >= 11 is 3.32. The van der Waals surface area contributed by atoms with Crippen LogP contribution in [0, 0.1) is 5.92 Å². The van der Waals surface area contributed by atoms with E-state index in [1.807, 2.05) is 9.80 Å². The average molecular weight is 532 g/mol. The van der Waals surface area contributed by atoms with Crippen molar-refractivity contribution in [2.45, 2.75) is 23.9 Å². The summed E-state index contributed by atoms with van der Waals surface area (Å²) in [6.45, 7) is 2.12. The molecule has 4 rings (SSSR count). The quantitative estimate of drug-likeness (QED) is 0.623. The van der Waals surface area contributed by atoms with Crippen molar-refractivity contribution in [3.63, 3.8) is 0 Å². The summed E-state index contributed by atoms with van der Waals surface area (Å²) < 4.78 is 67.9. The Balaban J connectivity index is 1.56. The number of piperazine rings is 1. The van der Waals surface area contributed by atoms with Crippen molar-refractivity contribution in [3.8, 4) is 0 Å². The van der Waals surface area contributed by atoms with E-state index in [2.05, 4.69) is 20.7 Å². The van der Waals surface area contributed by atoms with Crippen LogP contribution in [0.2, 0.25) is 0 Å². The fourth-order valence-electron chi connectivity index (χ4n) is 3.67. The minimum absolute atomic E-state index is 0.143. The zero-order chi connectivity index (χ0) is 23.1. The van der Waals surface area contributed by atoms with E-state index in [4.69, 9.17) is 0 Å². The number of anilines is 2. The SMILES string of the molecule is O=C(C1CC1)N1CCN(c2ccc(Br)cc2NS(=O)(=O)c2cccc(C(F)(F)F)c2)CC1. The standard InChI is InChI=1S/C21H21BrF3N3O3S/c22-16-6-7-19(27-8-10-28(11-9-27)20(29)14-4-5-14)18(13-16)26-32(30,31)17-3-1-2-15(12-17)21(23,24)25/h1-3,6-7,12-14,26H,4-5,8-11H2. The highest BCUT2D eigenvalue weighted by atomic mass is 79.9. The lowest BCUT2D eigenvalue weighted by Crippen LogP contribution is -2.49. The third-order valence-electron chi connectivity index (χ3n) is 5.53. The second kappa shape index (κ2) is 8.58. The van der Waals surface area contributed by atoms with Gasteiger partial charge >= 0.3 is 6.18 Å². The zero-order valence-corrected chi connectivity index (χ0v) is 19.3. The molecule has 1 aliphatic carbocycles. The zero-order valence-electron chi connectivity index (χ0n) is 16.9. The smallest absolute Gasteiger partial charge is 0.366 e. The molecule has 6 nitrogen and oxygen atoms in total. The number of benzene rings is 2. The Labute approximate surface area is 192 Å². The van der Waals surface area contributed by atoms with Crippen LogP contribution in [0.3, 0.4) is 0 Å². The lowest BCUT2D eigenvalue weighted by molar-refractivity contribution is -0.137. The molecule has 172 valence electrons. The first-order chi connectivity index (χ1) is 15.0. The highest BCUT2D eigenvalue weighted by Gasteiger charge is 2.35. The molecule has 1 saturated carbocycles. The highest BCUT2D eigenvalue weighted by molar-refractivity contribution is 9.10. The summed E-state index contributed by atoms with van der Waals surface area (Å²) in [5, 5.41) is 0. The largest absolute Gasteiger partial charge is 0.416 e. The van der Waals surface area contributed by atoms with Gasteiger partial charge in [-0.05, 0) is 49.2 Å². The molecule has 2 fully saturated rings. The third kappa shape index (κ3) is 5.03. The third-order valence-corrected chi connectivity index (χ3v) is 7.39. The van der Waals surface area contributed by atoms with Crippen LogP contribution >= 0.6 is 15.9 Å². The minimum Gasteiger partial charge on any atom is -0.366 e. The summed E-state index contributed by atoms with van der Waals surface area (Å²) in [6, 6.07) is 8.70. The summed E-state index contributed by atoms with van der Waals surface area (Å²) in [4.78, 5) is 15.6. The molecule has 32 heavy (non-hydrogen) atoms. The first kappa shape index (κ1) is 22.9. The van der Waals surface area contributed by atoms with Crippen LogP contribution in [0.1, 0.15) is 18.4 Å². The number of alkyl halides is 3. The van der Waals surface area contributed by atoms with E-state index in [0.29, 0.717) is 42.4 Å². The maximum absolute atomic E-state index is 13.0. The second-order valence-corrected chi connectivity index (χ2v) is 10.5. The first-order valence-electron chi connectivity index (χ1n) is 10.1. The number of hydrogen-bond donors (Lipinski definition) is 1. The van der Waals surface area contributed by atoms with Crippen molar-refractivity contribution in [2.75, 3.05) is 35.8 Å². The lowest BCUT2D eigenvalue weighted by atomic mass is 10.2. The van der Waals surface area contributed by atoms with Crippen LogP contribution in [0.15, 0.2) is 51.8 Å². The van der Waals surface area contributed by atoms with E-state index in [1.54, 1.807) is 18.2 Å². The fraction of sp³-hybridized carbons (Fsp3) is 0.381. The monoisotopic (exact) mass is 531 g/mol. The number of halogens is 4. The Morgan fingerprint density at radius 3 is 2.34 bits per heavy atom. The Kier molecular flexibility index (Phi) is 6.15. The van der Waals surface area contributed by atoms with Crippen LogP contribution in [0.25, 0.3) is 0 Å². The summed E-state index contributed by atoms with van der Waals surface area (Å²) in [6.07, 6.45) is -2.77. The average Bonchev–Trinajstić information content (AvgIpc) is 3.58. The first-order valence-corrected chi connectivity index (χ1v) is 12.4. The molecule has 0 spiro atoms. The summed E-state index contributed by atoms with van der Waals surface area (Å²) in [7, 11) is -4.26. The molecule has 0 radical (unpaired) electrons. The van der Waals surface area contributed by atoms with Gasteiger partial charge in [0.15, 0.2) is 0 Å². The van der Waals surface area contributed by atoms with Crippen LogP contribution in [-0.2, 0) is 21.0 Å². The van der Waals surface area contributed by atoms with E-state index >= 15 is 0 Å². The van der Waals surface area contributed by atoms with Crippen LogP contribution in [0.5, 0.6) is 0 Å². The van der Waals surface area contributed by atoms with E-state index < -0.39 is 26.7 Å². The molecule has 1 aliphatic heterocycles. The topological polar surface area (TPSA) is 69.7 Å². The molecule has 2 aromatic rings. The molecule has 11 heteroatoms. The molecule has 0 aromatic heterocycles. The van der Waals surface area contributed by atoms with Crippen molar-refractivity contribution < 1.29 is 26.4 Å². The van der Waals surface area contributed by atoms with Crippen molar-refractivity contribution in [2.24, 2.45) is 5.92 Å². The number of nitrogens with one attached hydrogen (secondary N) is 1. The molecule has 0 bridgehead atoms. The van der Waals surface area contributed by atoms with Crippen molar-refractivity contribution in [1.29, 1.82) is 0 Å². The van der Waals surface area contributed by atoms with Gasteiger partial charge in [-0.3, -0.25) is 9.52 Å². The Morgan fingerprint density at radius 2 is 1.72 bits per heavy atom. The van der Waals surface area contributed by atoms with Gasteiger partial charge in [0.05, 0.1) is 21.8 Å². The van der Waals surface area contributed by atoms with Crippen LogP contribution < -0.4 is 9.62 Å². The summed E-state index contributed by atoms with van der Waals surface area (Å²) in [5.74, 6) is 0.315. The number of hydrogen-bond acceptors (Lipinski definition) is 4. The molecule has 0 atom stereocenters. The maximum atomic E-state index is 13.0. The number of sulfonamides is 1. The Hall–Kier alpha value is -2.27. The number of rotatable bonds is 5. The van der Waals surface area contributed by atoms with Gasteiger partial charge in [0.25, 0.3) is 10.0 Å². The van der Waals surface area contributed by atoms with E-state index in [9.17, 15) is 26.4 Å². The molecule has 2 aliphatic rings. The van der Waals surface area contributed by atoms with Gasteiger partial charge in [-0.2, -0.15) is 13.2 Å². The van der Waals surface area contributed by atoms with Gasteiger partial charge in [-0.15, -0.1) is 0 Å². The molecule has 1 saturated heterocycles. The molecular weight excluding hydrogens is 511 g/mol. The predicted molar refractivity (Wildman–Crippen MR) is 118 cm³/mol. The van der Waals surface area contributed by atoms with Crippen molar-refractivity contribution in [1.82, 2.24) is 4.90 Å². The predicted octanol–water partition coefficient (Wildman–Crippen LogP) is 4.33. The number of amides is 1. The number of nitrogens with zero attached hydrogens (tertiary/aromatic N) is 2. The molecular formula is C21H21BrF3N3O3S. The van der Waals surface area contributed by atoms with Gasteiger partial charge in [0.2, 0.25) is 5.91 Å². The second-order valence-electron chi connectivity index (χ2n) is 7.88. The summed E-state index contributed by atoms with van der Waals surface area (Å²) in [5.41, 5.74) is -0.188. The number of carbonyl (C=O) groups is 1. The van der Waals surface area contributed by atoms with Crippen LogP contribution in [-0.4, -0.2) is 45.4 Å². The van der Waals surface area contributed by atoms with Gasteiger partial charge in [0, 0.05) is 36.6 Å². The minimum atomic E-state index is -4.65. The highest BCUT2D eigenvalue weighted by Crippen LogP contribution is 2.35. The Bertz CT molecular complexity index is 1130. The van der Waals surface area contributed by atoms with Crippen molar-refractivity contribution >= 4 is 43.2 Å². The molecule has 1 amide bonds. The van der Waals surface area contributed by atoms with Gasteiger partial charge < -0.3 is 9.80 Å². The van der Waals surface area contributed by atoms with Crippen molar-refractivity contribution in [3.05, 3.63) is 52.5 Å². The van der Waals surface area contributed by atoms with Crippen LogP contribution in [0.4, 0.5) is 24.5 Å². The van der Waals surface area contributed by atoms with Gasteiger partial charge in [-0.1, -0.05) is 22.0 Å². The fourth-order valence-corrected chi connectivity index (χ4v) is 5.14. The van der Waals surface area contributed by atoms with Gasteiger partial charge in [-0.25, -0.2) is 8.42 Å². The van der Waals surface area contributed by atoms with E-state index in [0.717, 1.165) is 31.0 Å². The van der Waals surface area contributed by atoms with Gasteiger partial charge in [0.1, 0.15) is 0 Å². The molecule has 1 N–H and O–H groups in total. The molecule has 1 heterocycles.